The van der Waals surface area contributed by atoms with Gasteiger partial charge in [-0.1, -0.05) is 36.4 Å². The number of carbonyl (C=O) groups is 2. The fourth-order valence-electron chi connectivity index (χ4n) is 3.90. The van der Waals surface area contributed by atoms with E-state index in [9.17, 15) is 14.4 Å². The fourth-order valence-corrected chi connectivity index (χ4v) is 3.90. The number of fused-ring (bicyclic) bond motifs is 1. The zero-order chi connectivity index (χ0) is 27.8. The molecule has 8 nitrogen and oxygen atoms in total. The van der Waals surface area contributed by atoms with Crippen molar-refractivity contribution < 1.29 is 28.2 Å². The van der Waals surface area contributed by atoms with Gasteiger partial charge in [0.15, 0.2) is 11.5 Å². The Labute approximate surface area is 225 Å². The van der Waals surface area contributed by atoms with Crippen LogP contribution in [0, 0.1) is 0 Å². The van der Waals surface area contributed by atoms with Crippen LogP contribution in [0.1, 0.15) is 48.3 Å². The highest BCUT2D eigenvalue weighted by atomic mass is 16.5. The predicted molar refractivity (Wildman–Crippen MR) is 148 cm³/mol. The van der Waals surface area contributed by atoms with E-state index >= 15 is 0 Å². The minimum atomic E-state index is -0.788. The van der Waals surface area contributed by atoms with E-state index in [4.69, 9.17) is 18.6 Å². The zero-order valence-corrected chi connectivity index (χ0v) is 21.9. The number of amides is 1. The Morgan fingerprint density at radius 3 is 2.41 bits per heavy atom. The van der Waals surface area contributed by atoms with E-state index in [-0.39, 0.29) is 22.9 Å². The van der Waals surface area contributed by atoms with Gasteiger partial charge in [0.05, 0.1) is 19.3 Å². The van der Waals surface area contributed by atoms with Crippen molar-refractivity contribution in [3.8, 4) is 17.2 Å². The van der Waals surface area contributed by atoms with Gasteiger partial charge in [-0.2, -0.15) is 0 Å². The summed E-state index contributed by atoms with van der Waals surface area (Å²) in [6.07, 6.45) is 2.89. The van der Waals surface area contributed by atoms with Crippen LogP contribution in [-0.2, 0) is 4.79 Å². The van der Waals surface area contributed by atoms with Crippen LogP contribution in [-0.4, -0.2) is 25.1 Å². The van der Waals surface area contributed by atoms with Gasteiger partial charge in [-0.3, -0.25) is 4.79 Å². The molecule has 1 aromatic heterocycles. The van der Waals surface area contributed by atoms with Gasteiger partial charge in [0.1, 0.15) is 16.9 Å². The average Bonchev–Trinajstić information content (AvgIpc) is 2.93. The lowest BCUT2D eigenvalue weighted by Crippen LogP contribution is -2.30. The molecule has 0 spiro atoms. The number of hydrogen-bond donors (Lipinski definition) is 1. The van der Waals surface area contributed by atoms with Gasteiger partial charge >= 0.3 is 11.6 Å². The molecule has 0 aliphatic rings. The second-order valence-electron chi connectivity index (χ2n) is 8.58. The van der Waals surface area contributed by atoms with E-state index in [1.807, 2.05) is 51.1 Å². The van der Waals surface area contributed by atoms with Gasteiger partial charge < -0.3 is 23.9 Å². The second kappa shape index (κ2) is 12.6. The highest BCUT2D eigenvalue weighted by Crippen LogP contribution is 2.29. The first-order valence-electron chi connectivity index (χ1n) is 12.6. The maximum absolute atomic E-state index is 12.7. The zero-order valence-electron chi connectivity index (χ0n) is 21.9. The Morgan fingerprint density at radius 2 is 1.67 bits per heavy atom. The first-order chi connectivity index (χ1) is 18.9. The van der Waals surface area contributed by atoms with Gasteiger partial charge in [-0.15, -0.1) is 0 Å². The molecule has 4 rings (SSSR count). The number of rotatable bonds is 10. The molecule has 1 heterocycles. The summed E-state index contributed by atoms with van der Waals surface area (Å²) in [6, 6.07) is 20.6. The molecule has 1 amide bonds. The quantitative estimate of drug-likeness (QED) is 0.122. The number of nitrogens with one attached hydrogen (secondary N) is 1. The Hall–Kier alpha value is -4.85. The van der Waals surface area contributed by atoms with Gasteiger partial charge in [-0.25, -0.2) is 9.59 Å². The number of esters is 1. The SMILES string of the molecule is CCOc1ccc(/C=C/C(=O)Oc2ccc3cc(C(=O)NC(C)c4ccccc4)c(=O)oc3c2)cc1OCC. The lowest BCUT2D eigenvalue weighted by atomic mass is 10.1. The molecule has 4 aromatic rings. The Morgan fingerprint density at radius 1 is 0.923 bits per heavy atom. The van der Waals surface area contributed by atoms with E-state index in [1.54, 1.807) is 36.4 Å². The smallest absolute Gasteiger partial charge is 0.349 e. The minimum Gasteiger partial charge on any atom is -0.490 e. The van der Waals surface area contributed by atoms with Gasteiger partial charge in [0.2, 0.25) is 0 Å². The lowest BCUT2D eigenvalue weighted by molar-refractivity contribution is -0.128. The van der Waals surface area contributed by atoms with Crippen LogP contribution in [0.2, 0.25) is 0 Å². The van der Waals surface area contributed by atoms with Gasteiger partial charge in [-0.05, 0) is 68.3 Å². The molecule has 0 saturated heterocycles. The van der Waals surface area contributed by atoms with E-state index in [1.165, 1.54) is 18.2 Å². The number of hydrogen-bond acceptors (Lipinski definition) is 7. The van der Waals surface area contributed by atoms with E-state index < -0.39 is 17.5 Å². The number of carbonyl (C=O) groups excluding carboxylic acids is 2. The molecular weight excluding hydrogens is 498 g/mol. The Bertz CT molecular complexity index is 1560. The van der Waals surface area contributed by atoms with Crippen LogP contribution < -0.4 is 25.2 Å². The van der Waals surface area contributed by atoms with Crippen molar-refractivity contribution in [2.45, 2.75) is 26.8 Å². The molecule has 0 bridgehead atoms. The van der Waals surface area contributed by atoms with Crippen LogP contribution in [0.5, 0.6) is 17.2 Å². The third kappa shape index (κ3) is 6.93. The molecule has 3 aromatic carbocycles. The molecule has 0 saturated carbocycles. The minimum absolute atomic E-state index is 0.111. The highest BCUT2D eigenvalue weighted by molar-refractivity contribution is 5.97. The summed E-state index contributed by atoms with van der Waals surface area (Å²) in [5.41, 5.74) is 0.934. The molecule has 1 atom stereocenters. The normalized spacial score (nSPS) is 11.8. The highest BCUT2D eigenvalue weighted by Gasteiger charge is 2.17. The van der Waals surface area contributed by atoms with E-state index in [0.29, 0.717) is 30.1 Å². The molecule has 1 unspecified atom stereocenters. The summed E-state index contributed by atoms with van der Waals surface area (Å²) < 4.78 is 21.9. The predicted octanol–water partition coefficient (Wildman–Crippen LogP) is 5.70. The van der Waals surface area contributed by atoms with Crippen molar-refractivity contribution in [1.29, 1.82) is 0 Å². The molecule has 0 radical (unpaired) electrons. The van der Waals surface area contributed by atoms with Crippen molar-refractivity contribution >= 4 is 28.9 Å². The van der Waals surface area contributed by atoms with Crippen molar-refractivity contribution in [2.24, 2.45) is 0 Å². The average molecular weight is 528 g/mol. The third-order valence-electron chi connectivity index (χ3n) is 5.80. The summed E-state index contributed by atoms with van der Waals surface area (Å²) in [7, 11) is 0. The summed E-state index contributed by atoms with van der Waals surface area (Å²) in [5.74, 6) is 0.251. The van der Waals surface area contributed by atoms with Crippen LogP contribution in [0.25, 0.3) is 17.0 Å². The Kier molecular flexibility index (Phi) is 8.78. The van der Waals surface area contributed by atoms with Gasteiger partial charge in [0.25, 0.3) is 5.91 Å². The first-order valence-corrected chi connectivity index (χ1v) is 12.6. The number of benzene rings is 3. The van der Waals surface area contributed by atoms with Crippen LogP contribution >= 0.6 is 0 Å². The second-order valence-corrected chi connectivity index (χ2v) is 8.58. The molecule has 8 heteroatoms. The van der Waals surface area contributed by atoms with Crippen molar-refractivity contribution in [1.82, 2.24) is 5.32 Å². The molecule has 0 fully saturated rings. The molecular formula is C31H29NO7. The van der Waals surface area contributed by atoms with E-state index in [2.05, 4.69) is 5.32 Å². The summed E-state index contributed by atoms with van der Waals surface area (Å²) in [4.78, 5) is 37.7. The summed E-state index contributed by atoms with van der Waals surface area (Å²) >= 11 is 0. The van der Waals surface area contributed by atoms with Gasteiger partial charge in [0, 0.05) is 17.5 Å². The van der Waals surface area contributed by atoms with Crippen LogP contribution in [0.15, 0.2) is 88.1 Å². The molecule has 39 heavy (non-hydrogen) atoms. The maximum atomic E-state index is 12.7. The lowest BCUT2D eigenvalue weighted by Gasteiger charge is -2.14. The standard InChI is InChI=1S/C31H29NO7/c1-4-36-26-15-11-21(17-28(26)37-5-2)12-16-29(33)38-24-14-13-23-18-25(31(35)39-27(23)19-24)30(34)32-20(3)22-9-7-6-8-10-22/h6-20H,4-5H2,1-3H3,(H,32,34)/b16-12+. The summed E-state index contributed by atoms with van der Waals surface area (Å²) in [5, 5.41) is 3.33. The Balaban J connectivity index is 1.45. The summed E-state index contributed by atoms with van der Waals surface area (Å²) in [6.45, 7) is 6.59. The molecule has 0 aliphatic heterocycles. The maximum Gasteiger partial charge on any atom is 0.349 e. The monoisotopic (exact) mass is 527 g/mol. The van der Waals surface area contributed by atoms with E-state index in [0.717, 1.165) is 11.1 Å². The van der Waals surface area contributed by atoms with Crippen LogP contribution in [0.3, 0.4) is 0 Å². The molecule has 1 N–H and O–H groups in total. The fraction of sp³-hybridized carbons (Fsp3) is 0.194. The molecule has 200 valence electrons. The number of ether oxygens (including phenoxy) is 3. The largest absolute Gasteiger partial charge is 0.490 e. The third-order valence-corrected chi connectivity index (χ3v) is 5.80. The van der Waals surface area contributed by atoms with Crippen LogP contribution in [0.4, 0.5) is 0 Å². The van der Waals surface area contributed by atoms with Crippen molar-refractivity contribution in [3.05, 3.63) is 106 Å². The first kappa shape index (κ1) is 27.2. The van der Waals surface area contributed by atoms with Crippen molar-refractivity contribution in [2.75, 3.05) is 13.2 Å². The molecule has 0 aliphatic carbocycles. The van der Waals surface area contributed by atoms with Crippen molar-refractivity contribution in [3.63, 3.8) is 0 Å². The topological polar surface area (TPSA) is 104 Å².